The summed E-state index contributed by atoms with van der Waals surface area (Å²) in [5.74, 6) is -0.928. The number of amides is 1. The van der Waals surface area contributed by atoms with Gasteiger partial charge in [-0.15, -0.1) is 0 Å². The van der Waals surface area contributed by atoms with Crippen molar-refractivity contribution in [3.63, 3.8) is 0 Å². The molecule has 0 radical (unpaired) electrons. The molecule has 1 rings (SSSR count). The number of carbonyl (C=O) groups excluding carboxylic acids is 1. The fourth-order valence-corrected chi connectivity index (χ4v) is 1.75. The van der Waals surface area contributed by atoms with Gasteiger partial charge in [-0.05, 0) is 13.3 Å². The van der Waals surface area contributed by atoms with Crippen LogP contribution in [0, 0.1) is 15.9 Å². The Kier molecular flexibility index (Phi) is 6.36. The Morgan fingerprint density at radius 3 is 2.76 bits per heavy atom. The first-order valence-corrected chi connectivity index (χ1v) is 6.89. The van der Waals surface area contributed by atoms with Gasteiger partial charge in [-0.25, -0.2) is 4.39 Å². The molecule has 0 fully saturated rings. The number of nitro groups is 1. The number of nitrogens with one attached hydrogen (secondary N) is 2. The number of benzene rings is 1. The van der Waals surface area contributed by atoms with Crippen LogP contribution in [-0.2, 0) is 4.79 Å². The van der Waals surface area contributed by atoms with Crippen LogP contribution in [-0.4, -0.2) is 23.4 Å². The van der Waals surface area contributed by atoms with Crippen molar-refractivity contribution in [2.45, 2.75) is 32.7 Å². The van der Waals surface area contributed by atoms with Gasteiger partial charge in [0.15, 0.2) is 0 Å². The van der Waals surface area contributed by atoms with Gasteiger partial charge >= 0.3 is 0 Å². The van der Waals surface area contributed by atoms with Gasteiger partial charge in [0.25, 0.3) is 5.69 Å². The van der Waals surface area contributed by atoms with Gasteiger partial charge in [0.05, 0.1) is 9.95 Å². The first kappa shape index (κ1) is 17.2. The first-order chi connectivity index (χ1) is 9.85. The molecule has 0 aliphatic carbocycles. The lowest BCUT2D eigenvalue weighted by molar-refractivity contribution is -0.384. The van der Waals surface area contributed by atoms with Crippen LogP contribution in [0.1, 0.15) is 26.7 Å². The molecule has 0 heterocycles. The SMILES string of the molecule is CCC(C)NC(=O)CCNc1cc(F)c(Cl)cc1[N+](=O)[O-]. The molecule has 1 aromatic carbocycles. The highest BCUT2D eigenvalue weighted by Crippen LogP contribution is 2.30. The summed E-state index contributed by atoms with van der Waals surface area (Å²) < 4.78 is 13.4. The van der Waals surface area contributed by atoms with E-state index in [9.17, 15) is 19.3 Å². The quantitative estimate of drug-likeness (QED) is 0.598. The molecule has 0 aliphatic heterocycles. The van der Waals surface area contributed by atoms with Crippen molar-refractivity contribution in [1.82, 2.24) is 5.32 Å². The molecule has 0 spiro atoms. The fourth-order valence-electron chi connectivity index (χ4n) is 1.59. The zero-order valence-corrected chi connectivity index (χ0v) is 12.5. The lowest BCUT2D eigenvalue weighted by Crippen LogP contribution is -2.32. The van der Waals surface area contributed by atoms with Gasteiger partial charge in [-0.2, -0.15) is 0 Å². The number of rotatable bonds is 7. The minimum absolute atomic E-state index is 0.00163. The fraction of sp³-hybridized carbons (Fsp3) is 0.462. The summed E-state index contributed by atoms with van der Waals surface area (Å²) in [5.41, 5.74) is -0.332. The number of anilines is 1. The normalized spacial score (nSPS) is 11.8. The standard InChI is InChI=1S/C13H17ClFN3O3/c1-3-8(2)17-13(19)4-5-16-11-7-10(15)9(14)6-12(11)18(20)21/h6-8,16H,3-5H2,1-2H3,(H,17,19). The monoisotopic (exact) mass is 317 g/mol. The van der Waals surface area contributed by atoms with E-state index in [0.717, 1.165) is 18.6 Å². The smallest absolute Gasteiger partial charge is 0.294 e. The van der Waals surface area contributed by atoms with Crippen LogP contribution in [0.15, 0.2) is 12.1 Å². The third kappa shape index (κ3) is 5.18. The van der Waals surface area contributed by atoms with E-state index < -0.39 is 10.7 Å². The highest BCUT2D eigenvalue weighted by molar-refractivity contribution is 6.31. The summed E-state index contributed by atoms with van der Waals surface area (Å²) >= 11 is 5.52. The van der Waals surface area contributed by atoms with Crippen molar-refractivity contribution in [3.8, 4) is 0 Å². The summed E-state index contributed by atoms with van der Waals surface area (Å²) in [6.45, 7) is 3.98. The summed E-state index contributed by atoms with van der Waals surface area (Å²) in [7, 11) is 0. The Morgan fingerprint density at radius 1 is 1.52 bits per heavy atom. The maximum atomic E-state index is 13.4. The molecular weight excluding hydrogens is 301 g/mol. The van der Waals surface area contributed by atoms with E-state index in [-0.39, 0.29) is 41.3 Å². The molecule has 8 heteroatoms. The third-order valence-electron chi connectivity index (χ3n) is 2.92. The van der Waals surface area contributed by atoms with Crippen LogP contribution in [0.2, 0.25) is 5.02 Å². The largest absolute Gasteiger partial charge is 0.379 e. The second-order valence-corrected chi connectivity index (χ2v) is 5.00. The number of nitro benzene ring substituents is 1. The number of carbonyl (C=O) groups is 1. The predicted molar refractivity (Wildman–Crippen MR) is 79.1 cm³/mol. The number of nitrogens with zero attached hydrogens (tertiary/aromatic N) is 1. The van der Waals surface area contributed by atoms with Gasteiger partial charge in [-0.1, -0.05) is 18.5 Å². The topological polar surface area (TPSA) is 84.3 Å². The van der Waals surface area contributed by atoms with Gasteiger partial charge in [0, 0.05) is 31.1 Å². The van der Waals surface area contributed by atoms with E-state index in [1.165, 1.54) is 0 Å². The molecule has 116 valence electrons. The van der Waals surface area contributed by atoms with Gasteiger partial charge in [0.2, 0.25) is 5.91 Å². The van der Waals surface area contributed by atoms with Crippen molar-refractivity contribution in [2.24, 2.45) is 0 Å². The summed E-state index contributed by atoms with van der Waals surface area (Å²) in [5, 5.41) is 16.0. The molecule has 0 saturated heterocycles. The van der Waals surface area contributed by atoms with Crippen LogP contribution in [0.25, 0.3) is 0 Å². The number of halogens is 2. The van der Waals surface area contributed by atoms with Crippen LogP contribution < -0.4 is 10.6 Å². The minimum atomic E-state index is -0.756. The van der Waals surface area contributed by atoms with Crippen LogP contribution >= 0.6 is 11.6 Å². The lowest BCUT2D eigenvalue weighted by Gasteiger charge is -2.12. The molecule has 1 unspecified atom stereocenters. The molecule has 0 aliphatic rings. The summed E-state index contributed by atoms with van der Waals surface area (Å²) in [6.07, 6.45) is 0.943. The zero-order chi connectivity index (χ0) is 16.0. The van der Waals surface area contributed by atoms with E-state index in [1.54, 1.807) is 0 Å². The van der Waals surface area contributed by atoms with E-state index in [2.05, 4.69) is 10.6 Å². The molecule has 0 saturated carbocycles. The molecule has 1 atom stereocenters. The lowest BCUT2D eigenvalue weighted by atomic mass is 10.2. The maximum Gasteiger partial charge on any atom is 0.294 e. The van der Waals surface area contributed by atoms with Crippen LogP contribution in [0.3, 0.4) is 0 Å². The Balaban J connectivity index is 2.65. The second kappa shape index (κ2) is 7.78. The predicted octanol–water partition coefficient (Wildman–Crippen LogP) is 3.10. The molecule has 1 amide bonds. The molecule has 6 nitrogen and oxygen atoms in total. The van der Waals surface area contributed by atoms with Crippen molar-refractivity contribution in [3.05, 3.63) is 33.1 Å². The van der Waals surface area contributed by atoms with Gasteiger partial charge in [0.1, 0.15) is 11.5 Å². The van der Waals surface area contributed by atoms with Crippen LogP contribution in [0.5, 0.6) is 0 Å². The second-order valence-electron chi connectivity index (χ2n) is 4.59. The number of hydrogen-bond donors (Lipinski definition) is 2. The third-order valence-corrected chi connectivity index (χ3v) is 3.21. The van der Waals surface area contributed by atoms with E-state index >= 15 is 0 Å². The number of hydrogen-bond acceptors (Lipinski definition) is 4. The Labute approximate surface area is 126 Å². The average molecular weight is 318 g/mol. The maximum absolute atomic E-state index is 13.4. The molecule has 0 aromatic heterocycles. The minimum Gasteiger partial charge on any atom is -0.379 e. The van der Waals surface area contributed by atoms with Crippen molar-refractivity contribution in [2.75, 3.05) is 11.9 Å². The molecule has 0 bridgehead atoms. The van der Waals surface area contributed by atoms with Crippen molar-refractivity contribution < 1.29 is 14.1 Å². The van der Waals surface area contributed by atoms with Crippen molar-refractivity contribution >= 4 is 28.9 Å². The molecule has 2 N–H and O–H groups in total. The summed E-state index contributed by atoms with van der Waals surface area (Å²) in [4.78, 5) is 21.8. The summed E-state index contributed by atoms with van der Waals surface area (Å²) in [6, 6.07) is 1.96. The average Bonchev–Trinajstić information content (AvgIpc) is 2.41. The van der Waals surface area contributed by atoms with E-state index in [0.29, 0.717) is 0 Å². The Hall–Kier alpha value is -1.89. The van der Waals surface area contributed by atoms with Gasteiger partial charge in [-0.3, -0.25) is 14.9 Å². The van der Waals surface area contributed by atoms with E-state index in [1.807, 2.05) is 13.8 Å². The van der Waals surface area contributed by atoms with Gasteiger partial charge < -0.3 is 10.6 Å². The molecule has 21 heavy (non-hydrogen) atoms. The van der Waals surface area contributed by atoms with E-state index in [4.69, 9.17) is 11.6 Å². The zero-order valence-electron chi connectivity index (χ0n) is 11.8. The first-order valence-electron chi connectivity index (χ1n) is 6.51. The highest BCUT2D eigenvalue weighted by Gasteiger charge is 2.17. The molecular formula is C13H17ClFN3O3. The Bertz CT molecular complexity index is 540. The highest BCUT2D eigenvalue weighted by atomic mass is 35.5. The van der Waals surface area contributed by atoms with Crippen LogP contribution in [0.4, 0.5) is 15.8 Å². The Morgan fingerprint density at radius 2 is 2.19 bits per heavy atom. The molecule has 1 aromatic rings. The van der Waals surface area contributed by atoms with Crippen molar-refractivity contribution in [1.29, 1.82) is 0 Å².